The first-order valence-corrected chi connectivity index (χ1v) is 9.43. The quantitative estimate of drug-likeness (QED) is 0.611. The highest BCUT2D eigenvalue weighted by atomic mass is 32.1. The minimum atomic E-state index is -4.48. The summed E-state index contributed by atoms with van der Waals surface area (Å²) < 4.78 is 40.5. The summed E-state index contributed by atoms with van der Waals surface area (Å²) >= 11 is 6.37. The minimum absolute atomic E-state index is 0.148. The van der Waals surface area contributed by atoms with Gasteiger partial charge in [-0.15, -0.1) is 21.6 Å². The molecule has 0 saturated heterocycles. The lowest BCUT2D eigenvalue weighted by Gasteiger charge is -2.10. The minimum Gasteiger partial charge on any atom is -0.493 e. The predicted molar refractivity (Wildman–Crippen MR) is 107 cm³/mol. The number of nitrogens with zero attached hydrogens (tertiary/aromatic N) is 4. The molecule has 1 aromatic heterocycles. The average Bonchev–Trinajstić information content (AvgIpc) is 3.31. The van der Waals surface area contributed by atoms with Crippen molar-refractivity contribution < 1.29 is 18.3 Å². The molecule has 146 valence electrons. The van der Waals surface area contributed by atoms with E-state index in [1.807, 2.05) is 24.3 Å². The molecule has 29 heavy (non-hydrogen) atoms. The van der Waals surface area contributed by atoms with Crippen LogP contribution < -0.4 is 10.4 Å². The van der Waals surface area contributed by atoms with E-state index in [1.54, 1.807) is 6.08 Å². The van der Waals surface area contributed by atoms with Gasteiger partial charge in [-0.2, -0.15) is 13.2 Å². The Morgan fingerprint density at radius 1 is 1.10 bits per heavy atom. The molecule has 0 unspecified atom stereocenters. The number of azo groups is 1. The number of hydrogen-bond donors (Lipinski definition) is 1. The number of hydrogen-bond acceptors (Lipinski definition) is 6. The van der Waals surface area contributed by atoms with Crippen molar-refractivity contribution in [1.29, 1.82) is 0 Å². The van der Waals surface area contributed by atoms with Gasteiger partial charge in [0.15, 0.2) is 9.78 Å². The predicted octanol–water partition coefficient (Wildman–Crippen LogP) is 4.38. The Labute approximate surface area is 171 Å². The summed E-state index contributed by atoms with van der Waals surface area (Å²) in [5.41, 5.74) is -0.665. The monoisotopic (exact) mass is 432 g/mol. The van der Waals surface area contributed by atoms with Crippen molar-refractivity contribution in [2.75, 3.05) is 0 Å². The fourth-order valence-corrected chi connectivity index (χ4v) is 4.03. The zero-order valence-electron chi connectivity index (χ0n) is 14.5. The lowest BCUT2D eigenvalue weighted by atomic mass is 10.2. The number of thiazole rings is 1. The summed E-state index contributed by atoms with van der Waals surface area (Å²) in [4.78, 5) is 4.46. The molecule has 1 aliphatic heterocycles. The topological polar surface area (TPSA) is 62.2 Å². The number of halogens is 3. The SMILES string of the molecule is Oc1c(C=c2ccc(=C3N=CN=N3)cc2)sc(=S)n1-c1cccc(C(F)(F)F)c1. The van der Waals surface area contributed by atoms with E-state index in [-0.39, 0.29) is 15.5 Å². The van der Waals surface area contributed by atoms with Crippen LogP contribution in [0.15, 0.2) is 63.8 Å². The molecule has 5 nitrogen and oxygen atoms in total. The average molecular weight is 432 g/mol. The number of rotatable bonds is 2. The Hall–Kier alpha value is -3.11. The number of benzene rings is 2. The van der Waals surface area contributed by atoms with E-state index < -0.39 is 11.7 Å². The maximum absolute atomic E-state index is 13.0. The van der Waals surface area contributed by atoms with Crippen LogP contribution in [-0.2, 0) is 6.18 Å². The van der Waals surface area contributed by atoms with Crippen LogP contribution in [-0.4, -0.2) is 16.0 Å². The van der Waals surface area contributed by atoms with Crippen LogP contribution in [0, 0.1) is 3.95 Å². The molecule has 0 spiro atoms. The highest BCUT2D eigenvalue weighted by Crippen LogP contribution is 2.34. The van der Waals surface area contributed by atoms with Crippen molar-refractivity contribution >= 4 is 41.8 Å². The van der Waals surface area contributed by atoms with E-state index in [9.17, 15) is 18.3 Å². The van der Waals surface area contributed by atoms with Gasteiger partial charge >= 0.3 is 6.18 Å². The van der Waals surface area contributed by atoms with Crippen LogP contribution in [0.2, 0.25) is 0 Å². The summed E-state index contributed by atoms with van der Waals surface area (Å²) in [5.74, 6) is 0.290. The fraction of sp³-hybridized carbons (Fsp3) is 0.0526. The molecule has 1 aliphatic rings. The van der Waals surface area contributed by atoms with Crippen LogP contribution in [0.3, 0.4) is 0 Å². The number of aromatic nitrogens is 1. The molecule has 0 aliphatic carbocycles. The molecule has 0 radical (unpaired) electrons. The second kappa shape index (κ2) is 7.37. The summed E-state index contributed by atoms with van der Waals surface area (Å²) in [5, 5.41) is 19.7. The van der Waals surface area contributed by atoms with E-state index in [0.717, 1.165) is 33.9 Å². The number of aliphatic imine (C=N–C) groups is 1. The van der Waals surface area contributed by atoms with Gasteiger partial charge < -0.3 is 5.11 Å². The lowest BCUT2D eigenvalue weighted by Crippen LogP contribution is -2.08. The first kappa shape index (κ1) is 19.2. The zero-order valence-corrected chi connectivity index (χ0v) is 16.1. The maximum atomic E-state index is 13.0. The molecule has 3 aromatic rings. The second-order valence-electron chi connectivity index (χ2n) is 5.99. The first-order valence-electron chi connectivity index (χ1n) is 8.21. The smallest absolute Gasteiger partial charge is 0.416 e. The Morgan fingerprint density at radius 3 is 2.52 bits per heavy atom. The van der Waals surface area contributed by atoms with Gasteiger partial charge in [0.2, 0.25) is 5.88 Å². The fourth-order valence-electron chi connectivity index (χ4n) is 2.72. The van der Waals surface area contributed by atoms with Crippen LogP contribution in [0.4, 0.5) is 13.2 Å². The van der Waals surface area contributed by atoms with E-state index in [2.05, 4.69) is 15.2 Å². The highest BCUT2D eigenvalue weighted by Gasteiger charge is 2.30. The van der Waals surface area contributed by atoms with E-state index in [0.29, 0.717) is 10.7 Å². The molecule has 2 heterocycles. The molecule has 4 rings (SSSR count). The van der Waals surface area contributed by atoms with Gasteiger partial charge in [-0.05, 0) is 41.7 Å². The van der Waals surface area contributed by atoms with Crippen LogP contribution in [0.25, 0.3) is 17.6 Å². The van der Waals surface area contributed by atoms with Crippen molar-refractivity contribution in [2.45, 2.75) is 6.18 Å². The van der Waals surface area contributed by atoms with Gasteiger partial charge in [0, 0.05) is 5.22 Å². The molecule has 2 aromatic carbocycles. The van der Waals surface area contributed by atoms with Crippen molar-refractivity contribution in [3.05, 3.63) is 73.4 Å². The van der Waals surface area contributed by atoms with E-state index in [1.165, 1.54) is 23.0 Å². The molecule has 0 fully saturated rings. The maximum Gasteiger partial charge on any atom is 0.416 e. The first-order chi connectivity index (χ1) is 13.8. The summed E-state index contributed by atoms with van der Waals surface area (Å²) in [6.07, 6.45) is -1.42. The van der Waals surface area contributed by atoms with Crippen molar-refractivity contribution in [3.63, 3.8) is 0 Å². The van der Waals surface area contributed by atoms with Crippen LogP contribution in [0.5, 0.6) is 5.88 Å². The van der Waals surface area contributed by atoms with E-state index in [4.69, 9.17) is 12.2 Å². The molecule has 1 N–H and O–H groups in total. The molecular weight excluding hydrogens is 421 g/mol. The number of aromatic hydroxyl groups is 1. The molecule has 0 saturated carbocycles. The Bertz CT molecular complexity index is 1300. The van der Waals surface area contributed by atoms with Crippen molar-refractivity contribution in [2.24, 2.45) is 15.2 Å². The Kier molecular flexibility index (Phi) is 4.89. The van der Waals surface area contributed by atoms with Crippen LogP contribution in [0.1, 0.15) is 10.4 Å². The molecule has 0 bridgehead atoms. The normalized spacial score (nSPS) is 13.3. The third kappa shape index (κ3) is 3.89. The van der Waals surface area contributed by atoms with Gasteiger partial charge in [-0.1, -0.05) is 30.3 Å². The Balaban J connectivity index is 1.76. The molecule has 0 atom stereocenters. The summed E-state index contributed by atoms with van der Waals surface area (Å²) in [7, 11) is 0. The summed E-state index contributed by atoms with van der Waals surface area (Å²) in [6, 6.07) is 11.9. The van der Waals surface area contributed by atoms with E-state index >= 15 is 0 Å². The Morgan fingerprint density at radius 2 is 1.86 bits per heavy atom. The lowest BCUT2D eigenvalue weighted by molar-refractivity contribution is -0.137. The highest BCUT2D eigenvalue weighted by molar-refractivity contribution is 7.73. The zero-order chi connectivity index (χ0) is 20.6. The molecule has 10 heteroatoms. The molecule has 0 amide bonds. The van der Waals surface area contributed by atoms with Crippen LogP contribution >= 0.6 is 23.6 Å². The molecular formula is C19H11F3N4OS2. The third-order valence-electron chi connectivity index (χ3n) is 4.09. The van der Waals surface area contributed by atoms with Gasteiger partial charge in [-0.25, -0.2) is 4.99 Å². The third-order valence-corrected chi connectivity index (χ3v) is 5.40. The van der Waals surface area contributed by atoms with Gasteiger partial charge in [-0.3, -0.25) is 4.57 Å². The van der Waals surface area contributed by atoms with Gasteiger partial charge in [0.25, 0.3) is 0 Å². The van der Waals surface area contributed by atoms with Crippen molar-refractivity contribution in [1.82, 2.24) is 4.57 Å². The van der Waals surface area contributed by atoms with Gasteiger partial charge in [0.05, 0.1) is 16.1 Å². The standard InChI is InChI=1S/C19H11F3N4OS2/c20-19(21,22)13-2-1-3-14(9-13)26-17(27)15(29-18(26)28)8-11-4-6-12(7-5-11)16-23-10-24-25-16/h1-10,27H. The summed E-state index contributed by atoms with van der Waals surface area (Å²) in [6.45, 7) is 0. The number of alkyl halides is 3. The second-order valence-corrected chi connectivity index (χ2v) is 7.67. The largest absolute Gasteiger partial charge is 0.493 e. The van der Waals surface area contributed by atoms with Crippen molar-refractivity contribution in [3.8, 4) is 11.6 Å². The van der Waals surface area contributed by atoms with Gasteiger partial charge in [0.1, 0.15) is 6.34 Å².